The van der Waals surface area contributed by atoms with Gasteiger partial charge in [-0.05, 0) is 6.07 Å². The lowest BCUT2D eigenvalue weighted by Crippen LogP contribution is -2.40. The number of nitrogens with zero attached hydrogens (tertiary/aromatic N) is 1. The smallest absolute Gasteiger partial charge is 0.336 e. The molecule has 4 heterocycles. The zero-order chi connectivity index (χ0) is 16.8. The highest BCUT2D eigenvalue weighted by Crippen LogP contribution is 2.45. The maximum Gasteiger partial charge on any atom is 0.336 e. The number of cyclic esters (lactones) is 1. The number of esters is 1. The Labute approximate surface area is 139 Å². The van der Waals surface area contributed by atoms with Gasteiger partial charge >= 0.3 is 11.0 Å². The van der Waals surface area contributed by atoms with E-state index in [2.05, 4.69) is 5.32 Å². The number of ketones is 1. The Kier molecular flexibility index (Phi) is 3.47. The lowest BCUT2D eigenvalue weighted by molar-refractivity contribution is -0.380. The van der Waals surface area contributed by atoms with E-state index in [1.165, 1.54) is 6.07 Å². The number of Topliss-reactive ketones (excluding diaryl/α,β-unsaturated/α-hetero) is 1. The summed E-state index contributed by atoms with van der Waals surface area (Å²) in [5.41, 5.74) is 2.13. The van der Waals surface area contributed by atoms with E-state index in [4.69, 9.17) is 9.47 Å². The molecule has 124 valence electrons. The van der Waals surface area contributed by atoms with Gasteiger partial charge in [0, 0.05) is 34.3 Å². The van der Waals surface area contributed by atoms with Gasteiger partial charge in [-0.25, -0.2) is 4.79 Å². The van der Waals surface area contributed by atoms with Crippen molar-refractivity contribution in [1.29, 1.82) is 0 Å². The molecule has 0 saturated heterocycles. The van der Waals surface area contributed by atoms with Crippen molar-refractivity contribution < 1.29 is 24.0 Å². The van der Waals surface area contributed by atoms with Crippen molar-refractivity contribution in [3.63, 3.8) is 0 Å². The number of hydrogen-bond acceptors (Lipinski definition) is 8. The van der Waals surface area contributed by atoms with E-state index < -0.39 is 16.8 Å². The van der Waals surface area contributed by atoms with Crippen LogP contribution in [-0.2, 0) is 19.1 Å². The van der Waals surface area contributed by atoms with Gasteiger partial charge in [-0.2, -0.15) is 0 Å². The van der Waals surface area contributed by atoms with Crippen LogP contribution in [0.3, 0.4) is 0 Å². The minimum atomic E-state index is -0.640. The Morgan fingerprint density at radius 2 is 2.04 bits per heavy atom. The van der Waals surface area contributed by atoms with Gasteiger partial charge in [0.25, 0.3) is 0 Å². The predicted octanol–water partition coefficient (Wildman–Crippen LogP) is 1.40. The van der Waals surface area contributed by atoms with E-state index in [9.17, 15) is 19.7 Å². The average molecular weight is 348 g/mol. The van der Waals surface area contributed by atoms with Crippen molar-refractivity contribution in [2.24, 2.45) is 0 Å². The Hall–Kier alpha value is -2.52. The average Bonchev–Trinajstić information content (AvgIpc) is 3.03. The maximum atomic E-state index is 12.4. The summed E-state index contributed by atoms with van der Waals surface area (Å²) in [5, 5.41) is 14.1. The lowest BCUT2D eigenvalue weighted by Gasteiger charge is -2.35. The Morgan fingerprint density at radius 3 is 2.79 bits per heavy atom. The number of nitro groups is 1. The van der Waals surface area contributed by atoms with Crippen molar-refractivity contribution >= 4 is 28.1 Å². The molecule has 0 spiro atoms. The molecule has 0 aliphatic carbocycles. The molecule has 3 aliphatic heterocycles. The van der Waals surface area contributed by atoms with Gasteiger partial charge in [-0.1, -0.05) is 11.3 Å². The summed E-state index contributed by atoms with van der Waals surface area (Å²) >= 11 is 0.967. The van der Waals surface area contributed by atoms with Crippen molar-refractivity contribution in [2.75, 3.05) is 19.8 Å². The lowest BCUT2D eigenvalue weighted by atomic mass is 9.80. The number of carbonyl (C=O) groups excluding carboxylic acids is 2. The van der Waals surface area contributed by atoms with Gasteiger partial charge in [0.15, 0.2) is 5.78 Å². The van der Waals surface area contributed by atoms with Crippen LogP contribution in [0, 0.1) is 10.1 Å². The zero-order valence-electron chi connectivity index (χ0n) is 12.4. The molecule has 8 nitrogen and oxygen atoms in total. The zero-order valence-corrected chi connectivity index (χ0v) is 13.2. The van der Waals surface area contributed by atoms with Gasteiger partial charge < -0.3 is 14.8 Å². The number of hydrogen-bond donors (Lipinski definition) is 1. The highest BCUT2D eigenvalue weighted by molar-refractivity contribution is 7.15. The number of ether oxygens (including phenoxy) is 2. The largest absolute Gasteiger partial charge is 0.462 e. The van der Waals surface area contributed by atoms with Crippen LogP contribution in [0.2, 0.25) is 0 Å². The number of carbonyl (C=O) groups is 2. The molecule has 9 heteroatoms. The molecule has 1 N–H and O–H groups in total. The molecular formula is C15H12N2O6S. The van der Waals surface area contributed by atoms with Crippen molar-refractivity contribution in [3.05, 3.63) is 49.7 Å². The van der Waals surface area contributed by atoms with Gasteiger partial charge in [-0.15, -0.1) is 0 Å². The fraction of sp³-hybridized carbons (Fsp3) is 0.333. The number of rotatable bonds is 2. The van der Waals surface area contributed by atoms with E-state index >= 15 is 0 Å². The summed E-state index contributed by atoms with van der Waals surface area (Å²) in [6, 6.07) is 2.99. The van der Waals surface area contributed by atoms with Crippen LogP contribution in [0.25, 0.3) is 0 Å². The van der Waals surface area contributed by atoms with Crippen LogP contribution in [0.1, 0.15) is 17.2 Å². The molecule has 1 aromatic heterocycles. The normalized spacial score (nSPS) is 23.4. The third-order valence-electron chi connectivity index (χ3n) is 4.19. The first-order valence-electron chi connectivity index (χ1n) is 7.31. The van der Waals surface area contributed by atoms with Crippen LogP contribution >= 0.6 is 11.3 Å². The molecule has 3 aliphatic rings. The van der Waals surface area contributed by atoms with Crippen LogP contribution in [0.15, 0.2) is 34.7 Å². The van der Waals surface area contributed by atoms with Crippen molar-refractivity contribution in [1.82, 2.24) is 5.32 Å². The summed E-state index contributed by atoms with van der Waals surface area (Å²) in [4.78, 5) is 35.8. The highest BCUT2D eigenvalue weighted by atomic mass is 32.1. The first-order valence-corrected chi connectivity index (χ1v) is 8.13. The van der Waals surface area contributed by atoms with Crippen LogP contribution in [0.4, 0.5) is 5.00 Å². The number of thiophene rings is 1. The van der Waals surface area contributed by atoms with E-state index in [1.807, 2.05) is 0 Å². The van der Waals surface area contributed by atoms with E-state index in [1.54, 1.807) is 6.07 Å². The molecule has 0 fully saturated rings. The Morgan fingerprint density at radius 1 is 1.21 bits per heavy atom. The van der Waals surface area contributed by atoms with Crippen LogP contribution < -0.4 is 5.32 Å². The predicted molar refractivity (Wildman–Crippen MR) is 82.3 cm³/mol. The highest BCUT2D eigenvalue weighted by Gasteiger charge is 2.42. The Balaban J connectivity index is 1.88. The van der Waals surface area contributed by atoms with Crippen LogP contribution in [-0.4, -0.2) is 36.5 Å². The monoisotopic (exact) mass is 348 g/mol. The summed E-state index contributed by atoms with van der Waals surface area (Å²) in [7, 11) is 0. The number of nitrogens with one attached hydrogen (secondary N) is 1. The van der Waals surface area contributed by atoms with Gasteiger partial charge in [-0.3, -0.25) is 14.9 Å². The van der Waals surface area contributed by atoms with E-state index in [0.717, 1.165) is 11.3 Å². The molecule has 1 unspecified atom stereocenters. The maximum absolute atomic E-state index is 12.4. The van der Waals surface area contributed by atoms with E-state index in [0.29, 0.717) is 33.8 Å². The molecular weight excluding hydrogens is 336 g/mol. The summed E-state index contributed by atoms with van der Waals surface area (Å²) in [6.07, 6.45) is 0.510. The molecule has 0 saturated carbocycles. The quantitative estimate of drug-likeness (QED) is 0.489. The third kappa shape index (κ3) is 2.24. The van der Waals surface area contributed by atoms with Gasteiger partial charge in [0.2, 0.25) is 0 Å². The molecule has 0 bridgehead atoms. The Bertz CT molecular complexity index is 795. The minimum Gasteiger partial charge on any atom is -0.462 e. The summed E-state index contributed by atoms with van der Waals surface area (Å²) < 4.78 is 10.4. The summed E-state index contributed by atoms with van der Waals surface area (Å²) in [5.74, 6) is -1.36. The minimum absolute atomic E-state index is 0.0310. The molecule has 0 radical (unpaired) electrons. The molecule has 0 amide bonds. The van der Waals surface area contributed by atoms with Gasteiger partial charge in [0.05, 0.1) is 29.6 Å². The SMILES string of the molecule is O=C1COCC2=C1C(c1ccc([N+](=O)[O-])s1)C1=C(CCOC1=O)N2. The van der Waals surface area contributed by atoms with Crippen molar-refractivity contribution in [3.8, 4) is 0 Å². The second-order valence-corrected chi connectivity index (χ2v) is 6.67. The second-order valence-electron chi connectivity index (χ2n) is 5.58. The molecule has 4 rings (SSSR count). The van der Waals surface area contributed by atoms with Crippen molar-refractivity contribution in [2.45, 2.75) is 12.3 Å². The van der Waals surface area contributed by atoms with E-state index in [-0.39, 0.29) is 30.6 Å². The number of dihydropyridines is 1. The second kappa shape index (κ2) is 5.53. The fourth-order valence-electron chi connectivity index (χ4n) is 3.22. The summed E-state index contributed by atoms with van der Waals surface area (Å²) in [6.45, 7) is 0.443. The molecule has 1 atom stereocenters. The molecule has 1 aromatic rings. The topological polar surface area (TPSA) is 108 Å². The first kappa shape index (κ1) is 15.0. The first-order chi connectivity index (χ1) is 11.6. The van der Waals surface area contributed by atoms with Gasteiger partial charge in [0.1, 0.15) is 6.61 Å². The standard InChI is InChI=1S/C15H12N2O6S/c18-9-6-22-5-8-12(9)14(10-1-2-11(24-10)17(20)21)13-7(16-8)3-4-23-15(13)19/h1-2,14,16H,3-6H2. The molecule has 24 heavy (non-hydrogen) atoms. The fourth-order valence-corrected chi connectivity index (χ4v) is 4.16. The van der Waals surface area contributed by atoms with Crippen LogP contribution in [0.5, 0.6) is 0 Å². The third-order valence-corrected chi connectivity index (χ3v) is 5.29. The molecule has 0 aromatic carbocycles.